The van der Waals surface area contributed by atoms with Gasteiger partial charge in [-0.1, -0.05) is 42.5 Å². The Kier molecular flexibility index (Phi) is 3.13. The van der Waals surface area contributed by atoms with Gasteiger partial charge in [0.25, 0.3) is 0 Å². The summed E-state index contributed by atoms with van der Waals surface area (Å²) < 4.78 is 0. The molecule has 3 aromatic rings. The summed E-state index contributed by atoms with van der Waals surface area (Å²) in [4.78, 5) is 0. The molecule has 1 aliphatic heterocycles. The first-order valence-electron chi connectivity index (χ1n) is 7.14. The average molecular weight is 279 g/mol. The summed E-state index contributed by atoms with van der Waals surface area (Å²) in [5, 5.41) is 9.05. The van der Waals surface area contributed by atoms with Crippen LogP contribution in [0.2, 0.25) is 0 Å². The van der Waals surface area contributed by atoms with Crippen molar-refractivity contribution in [3.8, 4) is 0 Å². The van der Waals surface area contributed by atoms with Crippen molar-refractivity contribution in [1.29, 1.82) is 0 Å². The summed E-state index contributed by atoms with van der Waals surface area (Å²) in [6.45, 7) is 1.11. The Hall–Kier alpha value is -1.51. The molecule has 0 amide bonds. The van der Waals surface area contributed by atoms with Crippen LogP contribution in [-0.2, 0) is 0 Å². The fourth-order valence-electron chi connectivity index (χ4n) is 3.06. The highest BCUT2D eigenvalue weighted by atomic mass is 32.2. The van der Waals surface area contributed by atoms with Crippen molar-refractivity contribution >= 4 is 33.3 Å². The van der Waals surface area contributed by atoms with Gasteiger partial charge in [-0.05, 0) is 39.2 Å². The molecule has 2 heteroatoms. The third kappa shape index (κ3) is 2.09. The van der Waals surface area contributed by atoms with Crippen molar-refractivity contribution in [2.24, 2.45) is 0 Å². The van der Waals surface area contributed by atoms with Crippen LogP contribution in [0.1, 0.15) is 11.6 Å². The summed E-state index contributed by atoms with van der Waals surface area (Å²) in [6, 6.07) is 20.5. The van der Waals surface area contributed by atoms with E-state index in [1.54, 1.807) is 0 Å². The third-order valence-electron chi connectivity index (χ3n) is 4.08. The minimum absolute atomic E-state index is 0.485. The predicted molar refractivity (Wildman–Crippen MR) is 89.5 cm³/mol. The molecule has 0 spiro atoms. The lowest BCUT2D eigenvalue weighted by molar-refractivity contribution is 0.599. The molecule has 1 unspecified atom stereocenters. The Balaban J connectivity index is 1.94. The highest BCUT2D eigenvalue weighted by molar-refractivity contribution is 7.99. The van der Waals surface area contributed by atoms with E-state index in [1.165, 1.54) is 38.6 Å². The second-order valence-electron chi connectivity index (χ2n) is 5.35. The molecule has 20 heavy (non-hydrogen) atoms. The average Bonchev–Trinajstić information content (AvgIpc) is 2.53. The van der Waals surface area contributed by atoms with E-state index in [9.17, 15) is 0 Å². The summed E-state index contributed by atoms with van der Waals surface area (Å²) in [5.74, 6) is 2.40. The SMILES string of the molecule is c1ccc2cc3c(C4CSCCN4)cccc3cc2c1. The van der Waals surface area contributed by atoms with Crippen LogP contribution in [0, 0.1) is 0 Å². The molecule has 3 aromatic carbocycles. The van der Waals surface area contributed by atoms with Gasteiger partial charge in [0.2, 0.25) is 0 Å². The molecule has 1 aliphatic rings. The van der Waals surface area contributed by atoms with Crippen LogP contribution in [0.4, 0.5) is 0 Å². The minimum Gasteiger partial charge on any atom is -0.308 e. The second kappa shape index (κ2) is 5.12. The number of hydrogen-bond acceptors (Lipinski definition) is 2. The van der Waals surface area contributed by atoms with Crippen LogP contribution in [0.15, 0.2) is 54.6 Å². The zero-order valence-electron chi connectivity index (χ0n) is 11.3. The van der Waals surface area contributed by atoms with Crippen LogP contribution >= 0.6 is 11.8 Å². The molecule has 1 saturated heterocycles. The van der Waals surface area contributed by atoms with Gasteiger partial charge in [0, 0.05) is 24.1 Å². The van der Waals surface area contributed by atoms with Gasteiger partial charge in [-0.25, -0.2) is 0 Å². The van der Waals surface area contributed by atoms with E-state index in [4.69, 9.17) is 0 Å². The van der Waals surface area contributed by atoms with Gasteiger partial charge in [0.1, 0.15) is 0 Å². The molecule has 1 nitrogen and oxygen atoms in total. The van der Waals surface area contributed by atoms with Gasteiger partial charge in [0.15, 0.2) is 0 Å². The summed E-state index contributed by atoms with van der Waals surface area (Å²) in [7, 11) is 0. The first kappa shape index (κ1) is 12.2. The molecule has 0 radical (unpaired) electrons. The zero-order valence-corrected chi connectivity index (χ0v) is 12.1. The van der Waals surface area contributed by atoms with E-state index in [2.05, 4.69) is 59.9 Å². The van der Waals surface area contributed by atoms with Gasteiger partial charge in [-0.2, -0.15) is 11.8 Å². The van der Waals surface area contributed by atoms with Gasteiger partial charge in [-0.3, -0.25) is 0 Å². The van der Waals surface area contributed by atoms with E-state index in [0.717, 1.165) is 6.54 Å². The van der Waals surface area contributed by atoms with E-state index < -0.39 is 0 Å². The largest absolute Gasteiger partial charge is 0.308 e. The second-order valence-corrected chi connectivity index (χ2v) is 6.50. The number of thioether (sulfide) groups is 1. The summed E-state index contributed by atoms with van der Waals surface area (Å²) >= 11 is 2.05. The third-order valence-corrected chi connectivity index (χ3v) is 5.14. The molecular weight excluding hydrogens is 262 g/mol. The van der Waals surface area contributed by atoms with Crippen molar-refractivity contribution in [3.05, 3.63) is 60.2 Å². The first-order chi connectivity index (χ1) is 9.92. The number of benzene rings is 3. The fraction of sp³-hybridized carbons (Fsp3) is 0.222. The normalized spacial score (nSPS) is 19.5. The summed E-state index contributed by atoms with van der Waals surface area (Å²) in [5.41, 5.74) is 1.44. The van der Waals surface area contributed by atoms with Crippen molar-refractivity contribution in [2.75, 3.05) is 18.1 Å². The first-order valence-corrected chi connectivity index (χ1v) is 8.30. The number of hydrogen-bond donors (Lipinski definition) is 1. The van der Waals surface area contributed by atoms with Gasteiger partial charge >= 0.3 is 0 Å². The molecule has 0 saturated carbocycles. The van der Waals surface area contributed by atoms with Crippen molar-refractivity contribution < 1.29 is 0 Å². The standard InChI is InChI=1S/C18H17NS/c1-2-5-14-11-17-15(10-13(14)4-1)6-3-7-16(17)18-12-20-9-8-19-18/h1-7,10-11,18-19H,8-9,12H2. The smallest absolute Gasteiger partial charge is 0.0418 e. The Morgan fingerprint density at radius 3 is 2.50 bits per heavy atom. The van der Waals surface area contributed by atoms with Gasteiger partial charge in [-0.15, -0.1) is 0 Å². The molecule has 1 fully saturated rings. The Morgan fingerprint density at radius 2 is 1.70 bits per heavy atom. The molecular formula is C18H17NS. The van der Waals surface area contributed by atoms with Crippen LogP contribution < -0.4 is 5.32 Å². The summed E-state index contributed by atoms with van der Waals surface area (Å²) in [6.07, 6.45) is 0. The van der Waals surface area contributed by atoms with Crippen molar-refractivity contribution in [3.63, 3.8) is 0 Å². The van der Waals surface area contributed by atoms with Crippen LogP contribution in [0.5, 0.6) is 0 Å². The number of fused-ring (bicyclic) bond motifs is 2. The monoisotopic (exact) mass is 279 g/mol. The maximum absolute atomic E-state index is 3.65. The van der Waals surface area contributed by atoms with Crippen molar-refractivity contribution in [2.45, 2.75) is 6.04 Å². The Bertz CT molecular complexity index is 760. The molecule has 1 atom stereocenters. The van der Waals surface area contributed by atoms with Crippen molar-refractivity contribution in [1.82, 2.24) is 5.32 Å². The Morgan fingerprint density at radius 1 is 0.900 bits per heavy atom. The van der Waals surface area contributed by atoms with Gasteiger partial charge < -0.3 is 5.32 Å². The highest BCUT2D eigenvalue weighted by Gasteiger charge is 2.17. The topological polar surface area (TPSA) is 12.0 Å². The van der Waals surface area contributed by atoms with E-state index in [1.807, 2.05) is 11.8 Å². The molecule has 0 bridgehead atoms. The number of nitrogens with one attached hydrogen (secondary N) is 1. The lowest BCUT2D eigenvalue weighted by atomic mass is 9.96. The van der Waals surface area contributed by atoms with Crippen LogP contribution in [0.3, 0.4) is 0 Å². The lowest BCUT2D eigenvalue weighted by Crippen LogP contribution is -2.30. The van der Waals surface area contributed by atoms with Gasteiger partial charge in [0.05, 0.1) is 0 Å². The minimum atomic E-state index is 0.485. The number of rotatable bonds is 1. The quantitative estimate of drug-likeness (QED) is 0.664. The molecule has 0 aliphatic carbocycles. The fourth-order valence-corrected chi connectivity index (χ4v) is 4.02. The highest BCUT2D eigenvalue weighted by Crippen LogP contribution is 2.31. The molecule has 4 rings (SSSR count). The van der Waals surface area contributed by atoms with Crippen LogP contribution in [-0.4, -0.2) is 18.1 Å². The molecule has 1 N–H and O–H groups in total. The van der Waals surface area contributed by atoms with E-state index >= 15 is 0 Å². The van der Waals surface area contributed by atoms with E-state index in [0.29, 0.717) is 6.04 Å². The maximum atomic E-state index is 3.65. The Labute approximate surface area is 123 Å². The molecule has 0 aromatic heterocycles. The van der Waals surface area contributed by atoms with Crippen LogP contribution in [0.25, 0.3) is 21.5 Å². The molecule has 100 valence electrons. The predicted octanol–water partition coefficient (Wildman–Crippen LogP) is 4.37. The maximum Gasteiger partial charge on any atom is 0.0418 e. The van der Waals surface area contributed by atoms with E-state index in [-0.39, 0.29) is 0 Å². The molecule has 1 heterocycles. The lowest BCUT2D eigenvalue weighted by Gasteiger charge is -2.25. The zero-order chi connectivity index (χ0) is 13.4.